The van der Waals surface area contributed by atoms with Crippen LogP contribution in [0.2, 0.25) is 0 Å². The summed E-state index contributed by atoms with van der Waals surface area (Å²) in [5.41, 5.74) is 0. The van der Waals surface area contributed by atoms with Gasteiger partial charge in [-0.15, -0.1) is 0 Å². The molecule has 96 valence electrons. The zero-order valence-electron chi connectivity index (χ0n) is 11.6. The fourth-order valence-electron chi connectivity index (χ4n) is 2.44. The Labute approximate surface area is 104 Å². The van der Waals surface area contributed by atoms with Gasteiger partial charge in [-0.25, -0.2) is 0 Å². The van der Waals surface area contributed by atoms with Gasteiger partial charge in [-0.2, -0.15) is 0 Å². The lowest BCUT2D eigenvalue weighted by Crippen LogP contribution is -2.34. The summed E-state index contributed by atoms with van der Waals surface area (Å²) in [7, 11) is -2.57. The van der Waals surface area contributed by atoms with E-state index in [1.54, 1.807) is 24.3 Å². The lowest BCUT2D eigenvalue weighted by molar-refractivity contribution is 0.475. The van der Waals surface area contributed by atoms with Gasteiger partial charge in [0, 0.05) is 15.6 Å². The van der Waals surface area contributed by atoms with Crippen LogP contribution in [0.1, 0.15) is 41.5 Å². The molecule has 0 aliphatic rings. The smallest absolute Gasteiger partial charge is 0.125 e. The van der Waals surface area contributed by atoms with E-state index in [1.807, 2.05) is 41.5 Å². The third kappa shape index (κ3) is 2.42. The van der Waals surface area contributed by atoms with Crippen molar-refractivity contribution < 1.29 is 9.67 Å². The van der Waals surface area contributed by atoms with Crippen LogP contribution in [0, 0.1) is 0 Å². The van der Waals surface area contributed by atoms with Crippen molar-refractivity contribution >= 4 is 12.4 Å². The standard InChI is InChI=1S/C14H23O2P/c1-13(2,3)17(16,14(4,5)6)12-9-7-11(15)8-10-12/h7-10,15H,1-6H3. The van der Waals surface area contributed by atoms with Crippen molar-refractivity contribution in [2.75, 3.05) is 0 Å². The minimum atomic E-state index is -2.57. The predicted octanol–water partition coefficient (Wildman–Crippen LogP) is 3.98. The van der Waals surface area contributed by atoms with Gasteiger partial charge in [0.1, 0.15) is 12.9 Å². The van der Waals surface area contributed by atoms with Gasteiger partial charge in [0.25, 0.3) is 0 Å². The fraction of sp³-hybridized carbons (Fsp3) is 0.571. The summed E-state index contributed by atoms with van der Waals surface area (Å²) in [6.45, 7) is 12.1. The van der Waals surface area contributed by atoms with Crippen LogP contribution in [0.5, 0.6) is 5.75 Å². The molecule has 0 atom stereocenters. The lowest BCUT2D eigenvalue weighted by Gasteiger charge is -2.41. The Morgan fingerprint density at radius 2 is 1.24 bits per heavy atom. The highest BCUT2D eigenvalue weighted by molar-refractivity contribution is 7.74. The van der Waals surface area contributed by atoms with Crippen molar-refractivity contribution in [1.82, 2.24) is 0 Å². The monoisotopic (exact) mass is 254 g/mol. The fourth-order valence-corrected chi connectivity index (χ4v) is 6.57. The van der Waals surface area contributed by atoms with E-state index in [0.29, 0.717) is 0 Å². The maximum Gasteiger partial charge on any atom is 0.125 e. The summed E-state index contributed by atoms with van der Waals surface area (Å²) < 4.78 is 13.5. The second-order valence-corrected chi connectivity index (χ2v) is 10.9. The van der Waals surface area contributed by atoms with E-state index in [0.717, 1.165) is 5.30 Å². The van der Waals surface area contributed by atoms with E-state index in [4.69, 9.17) is 0 Å². The Morgan fingerprint density at radius 1 is 0.882 bits per heavy atom. The van der Waals surface area contributed by atoms with Crippen molar-refractivity contribution in [2.45, 2.75) is 51.9 Å². The molecule has 0 aromatic heterocycles. The second-order valence-electron chi connectivity index (χ2n) is 6.47. The molecule has 0 saturated carbocycles. The second kappa shape index (κ2) is 4.17. The number of phenolic OH excluding ortho intramolecular Hbond substituents is 1. The van der Waals surface area contributed by atoms with Crippen LogP contribution < -0.4 is 5.30 Å². The molecule has 1 rings (SSSR count). The molecule has 0 spiro atoms. The lowest BCUT2D eigenvalue weighted by atomic mass is 10.2. The number of hydrogen-bond acceptors (Lipinski definition) is 2. The van der Waals surface area contributed by atoms with Crippen LogP contribution in [0.25, 0.3) is 0 Å². The maximum absolute atomic E-state index is 13.5. The average molecular weight is 254 g/mol. The third-order valence-electron chi connectivity index (χ3n) is 3.10. The molecule has 17 heavy (non-hydrogen) atoms. The molecule has 1 aromatic carbocycles. The Kier molecular flexibility index (Phi) is 3.51. The number of hydrogen-bond donors (Lipinski definition) is 1. The predicted molar refractivity (Wildman–Crippen MR) is 74.9 cm³/mol. The van der Waals surface area contributed by atoms with Gasteiger partial charge in [0.2, 0.25) is 0 Å². The molecular formula is C14H23O2P. The molecule has 0 aliphatic carbocycles. The first-order valence-electron chi connectivity index (χ1n) is 5.90. The molecule has 0 radical (unpaired) electrons. The SMILES string of the molecule is CC(C)(C)P(=O)(c1ccc(O)cc1)C(C)(C)C. The number of rotatable bonds is 1. The van der Waals surface area contributed by atoms with E-state index in [2.05, 4.69) is 0 Å². The Bertz CT molecular complexity index is 415. The molecule has 0 heterocycles. The molecule has 0 fully saturated rings. The van der Waals surface area contributed by atoms with Gasteiger partial charge in [-0.05, 0) is 24.3 Å². The normalized spacial score (nSPS) is 13.8. The minimum Gasteiger partial charge on any atom is -0.508 e. The van der Waals surface area contributed by atoms with E-state index in [9.17, 15) is 9.67 Å². The summed E-state index contributed by atoms with van der Waals surface area (Å²) >= 11 is 0. The first-order valence-corrected chi connectivity index (χ1v) is 7.61. The van der Waals surface area contributed by atoms with E-state index in [-0.39, 0.29) is 16.1 Å². The van der Waals surface area contributed by atoms with Gasteiger partial charge >= 0.3 is 0 Å². The van der Waals surface area contributed by atoms with Gasteiger partial charge in [-0.3, -0.25) is 0 Å². The minimum absolute atomic E-state index is 0.211. The molecule has 0 aliphatic heterocycles. The molecule has 1 aromatic rings. The third-order valence-corrected chi connectivity index (χ3v) is 7.91. The Balaban J connectivity index is 3.47. The first-order chi connectivity index (χ1) is 7.50. The summed E-state index contributed by atoms with van der Waals surface area (Å²) in [5, 5.41) is 9.60. The number of aromatic hydroxyl groups is 1. The highest BCUT2D eigenvalue weighted by Crippen LogP contribution is 2.65. The molecule has 0 bridgehead atoms. The topological polar surface area (TPSA) is 37.3 Å². The quantitative estimate of drug-likeness (QED) is 0.770. The summed E-state index contributed by atoms with van der Waals surface area (Å²) in [6.07, 6.45) is 0. The van der Waals surface area contributed by atoms with E-state index in [1.165, 1.54) is 0 Å². The van der Waals surface area contributed by atoms with Crippen LogP contribution in [0.15, 0.2) is 24.3 Å². The largest absolute Gasteiger partial charge is 0.508 e. The Morgan fingerprint density at radius 3 is 1.53 bits per heavy atom. The molecule has 1 N–H and O–H groups in total. The molecule has 3 heteroatoms. The van der Waals surface area contributed by atoms with Gasteiger partial charge < -0.3 is 9.67 Å². The van der Waals surface area contributed by atoms with Crippen molar-refractivity contribution in [2.24, 2.45) is 0 Å². The van der Waals surface area contributed by atoms with Crippen LogP contribution in [-0.4, -0.2) is 15.4 Å². The molecule has 0 saturated heterocycles. The number of benzene rings is 1. The van der Waals surface area contributed by atoms with Crippen LogP contribution in [-0.2, 0) is 4.57 Å². The highest BCUT2D eigenvalue weighted by Gasteiger charge is 2.47. The zero-order valence-corrected chi connectivity index (χ0v) is 12.5. The van der Waals surface area contributed by atoms with Crippen molar-refractivity contribution in [3.63, 3.8) is 0 Å². The zero-order chi connectivity index (χ0) is 13.5. The van der Waals surface area contributed by atoms with Crippen molar-refractivity contribution in [3.8, 4) is 5.75 Å². The summed E-state index contributed by atoms with van der Waals surface area (Å²) in [5.74, 6) is 0.211. The number of phenols is 1. The van der Waals surface area contributed by atoms with Gasteiger partial charge in [0.05, 0.1) is 0 Å². The van der Waals surface area contributed by atoms with Crippen LogP contribution >= 0.6 is 7.14 Å². The van der Waals surface area contributed by atoms with E-state index >= 15 is 0 Å². The van der Waals surface area contributed by atoms with Crippen molar-refractivity contribution in [3.05, 3.63) is 24.3 Å². The average Bonchev–Trinajstić information content (AvgIpc) is 2.14. The van der Waals surface area contributed by atoms with Crippen LogP contribution in [0.4, 0.5) is 0 Å². The Hall–Kier alpha value is -0.750. The van der Waals surface area contributed by atoms with E-state index < -0.39 is 7.14 Å². The first kappa shape index (κ1) is 14.3. The molecule has 0 unspecified atom stereocenters. The molecule has 2 nitrogen and oxygen atoms in total. The summed E-state index contributed by atoms with van der Waals surface area (Å²) in [4.78, 5) is 0. The van der Waals surface area contributed by atoms with Gasteiger partial charge in [-0.1, -0.05) is 41.5 Å². The van der Waals surface area contributed by atoms with Crippen LogP contribution in [0.3, 0.4) is 0 Å². The molecular weight excluding hydrogens is 231 g/mol. The van der Waals surface area contributed by atoms with Gasteiger partial charge in [0.15, 0.2) is 0 Å². The maximum atomic E-state index is 13.5. The molecule has 0 amide bonds. The summed E-state index contributed by atoms with van der Waals surface area (Å²) in [6, 6.07) is 6.79. The van der Waals surface area contributed by atoms with Crippen molar-refractivity contribution in [1.29, 1.82) is 0 Å². The highest BCUT2D eigenvalue weighted by atomic mass is 31.2.